The topological polar surface area (TPSA) is 82.0 Å². The molecule has 1 atom stereocenters. The number of amides is 2. The Bertz CT molecular complexity index is 986. The summed E-state index contributed by atoms with van der Waals surface area (Å²) in [5.74, 6) is -0.620. The third-order valence-electron chi connectivity index (χ3n) is 4.90. The lowest BCUT2D eigenvalue weighted by molar-refractivity contribution is -0.135. The van der Waals surface area contributed by atoms with Gasteiger partial charge in [0, 0.05) is 12.0 Å². The number of aryl methyl sites for hydroxylation is 1. The number of allylic oxidation sites excluding steroid dienone is 1. The zero-order valence-corrected chi connectivity index (χ0v) is 15.6. The van der Waals surface area contributed by atoms with Crippen LogP contribution in [-0.2, 0) is 16.0 Å². The van der Waals surface area contributed by atoms with Crippen LogP contribution < -0.4 is 10.6 Å². The third-order valence-corrected chi connectivity index (χ3v) is 4.90. The summed E-state index contributed by atoms with van der Waals surface area (Å²) < 4.78 is 0. The van der Waals surface area contributed by atoms with Crippen LogP contribution in [0.5, 0.6) is 0 Å². The quantitative estimate of drug-likeness (QED) is 0.827. The maximum Gasteiger partial charge on any atom is 0.268 e. The molecular formula is C22H21N3O2. The van der Waals surface area contributed by atoms with E-state index < -0.39 is 5.54 Å². The monoisotopic (exact) mass is 359 g/mol. The number of carbonyl (C=O) groups excluding carboxylic acids is 2. The molecule has 1 heterocycles. The van der Waals surface area contributed by atoms with Crippen molar-refractivity contribution in [2.45, 2.75) is 32.7 Å². The summed E-state index contributed by atoms with van der Waals surface area (Å²) in [5, 5.41) is 15.0. The van der Waals surface area contributed by atoms with E-state index in [0.717, 1.165) is 11.1 Å². The molecule has 5 nitrogen and oxygen atoms in total. The van der Waals surface area contributed by atoms with Crippen molar-refractivity contribution >= 4 is 17.4 Å². The van der Waals surface area contributed by atoms with Gasteiger partial charge in [-0.2, -0.15) is 5.26 Å². The number of carbonyl (C=O) groups is 2. The van der Waals surface area contributed by atoms with Crippen molar-refractivity contribution in [3.63, 3.8) is 0 Å². The normalized spacial score (nSPS) is 21.1. The van der Waals surface area contributed by atoms with Crippen LogP contribution in [0.1, 0.15) is 36.1 Å². The molecule has 27 heavy (non-hydrogen) atoms. The molecule has 0 bridgehead atoms. The molecule has 3 rings (SSSR count). The van der Waals surface area contributed by atoms with Crippen molar-refractivity contribution in [2.75, 3.05) is 0 Å². The van der Waals surface area contributed by atoms with Crippen molar-refractivity contribution in [1.82, 2.24) is 10.6 Å². The van der Waals surface area contributed by atoms with E-state index in [1.165, 1.54) is 0 Å². The number of nitrogens with one attached hydrogen (secondary N) is 2. The summed E-state index contributed by atoms with van der Waals surface area (Å²) in [6, 6.07) is 17.1. The van der Waals surface area contributed by atoms with Crippen LogP contribution in [0.15, 0.2) is 54.2 Å². The van der Waals surface area contributed by atoms with E-state index in [2.05, 4.69) is 16.7 Å². The first kappa shape index (κ1) is 18.4. The molecule has 0 aromatic heterocycles. The molecule has 2 amide bonds. The maximum absolute atomic E-state index is 12.8. The lowest BCUT2D eigenvalue weighted by Gasteiger charge is -2.35. The molecular weight excluding hydrogens is 338 g/mol. The van der Waals surface area contributed by atoms with E-state index in [1.807, 2.05) is 43.3 Å². The first-order chi connectivity index (χ1) is 12.9. The Labute approximate surface area is 158 Å². The van der Waals surface area contributed by atoms with Crippen molar-refractivity contribution < 1.29 is 9.59 Å². The van der Waals surface area contributed by atoms with Gasteiger partial charge in [0.1, 0.15) is 11.2 Å². The molecule has 0 aliphatic carbocycles. The van der Waals surface area contributed by atoms with Crippen molar-refractivity contribution in [2.24, 2.45) is 0 Å². The van der Waals surface area contributed by atoms with Gasteiger partial charge in [-0.05, 0) is 43.5 Å². The van der Waals surface area contributed by atoms with Gasteiger partial charge in [0.25, 0.3) is 5.91 Å². The van der Waals surface area contributed by atoms with Crippen LogP contribution in [0.25, 0.3) is 5.57 Å². The summed E-state index contributed by atoms with van der Waals surface area (Å²) in [7, 11) is 0. The van der Waals surface area contributed by atoms with Crippen molar-refractivity contribution in [1.29, 1.82) is 5.26 Å². The summed E-state index contributed by atoms with van der Waals surface area (Å²) in [6.07, 6.45) is 0.394. The van der Waals surface area contributed by atoms with Crippen LogP contribution in [-0.4, -0.2) is 17.4 Å². The van der Waals surface area contributed by atoms with E-state index >= 15 is 0 Å². The highest BCUT2D eigenvalue weighted by Crippen LogP contribution is 2.27. The summed E-state index contributed by atoms with van der Waals surface area (Å²) >= 11 is 0. The van der Waals surface area contributed by atoms with Gasteiger partial charge < -0.3 is 10.6 Å². The molecule has 0 spiro atoms. The minimum Gasteiger partial charge on any atom is -0.336 e. The second kappa shape index (κ2) is 7.08. The van der Waals surface area contributed by atoms with Crippen LogP contribution in [0, 0.1) is 18.3 Å². The molecule has 1 aliphatic heterocycles. The molecule has 136 valence electrons. The van der Waals surface area contributed by atoms with Gasteiger partial charge >= 0.3 is 0 Å². The minimum atomic E-state index is -1.04. The Balaban J connectivity index is 1.96. The SMILES string of the molecule is CC(=C1NC(=O)C(C)(Cc2ccccc2)NC1=O)c1c(C)cccc1C#N. The first-order valence-electron chi connectivity index (χ1n) is 8.74. The lowest BCUT2D eigenvalue weighted by Crippen LogP contribution is -2.64. The highest BCUT2D eigenvalue weighted by Gasteiger charge is 2.41. The number of hydrogen-bond donors (Lipinski definition) is 2. The Morgan fingerprint density at radius 1 is 1.11 bits per heavy atom. The van der Waals surface area contributed by atoms with E-state index in [9.17, 15) is 14.9 Å². The maximum atomic E-state index is 12.8. The largest absolute Gasteiger partial charge is 0.336 e. The van der Waals surface area contributed by atoms with Gasteiger partial charge in [0.2, 0.25) is 5.91 Å². The fourth-order valence-electron chi connectivity index (χ4n) is 3.45. The smallest absolute Gasteiger partial charge is 0.268 e. The standard InChI is InChI=1S/C22H21N3O2/c1-14-8-7-11-17(13-23)18(14)15(2)19-20(26)25-22(3,21(27)24-19)12-16-9-5-4-6-10-16/h4-11H,12H2,1-3H3,(H,24,27)(H,25,26). The number of rotatable bonds is 3. The van der Waals surface area contributed by atoms with Crippen LogP contribution in [0.4, 0.5) is 0 Å². The second-order valence-electron chi connectivity index (χ2n) is 7.01. The van der Waals surface area contributed by atoms with E-state index in [1.54, 1.807) is 26.0 Å². The lowest BCUT2D eigenvalue weighted by atomic mass is 9.88. The van der Waals surface area contributed by atoms with Gasteiger partial charge in [-0.25, -0.2) is 0 Å². The second-order valence-corrected chi connectivity index (χ2v) is 7.01. The van der Waals surface area contributed by atoms with Crippen LogP contribution in [0.2, 0.25) is 0 Å². The molecule has 2 N–H and O–H groups in total. The molecule has 2 aromatic rings. The predicted molar refractivity (Wildman–Crippen MR) is 103 cm³/mol. The van der Waals surface area contributed by atoms with Gasteiger partial charge in [-0.1, -0.05) is 42.5 Å². The Hall–Kier alpha value is -3.39. The molecule has 5 heteroatoms. The summed E-state index contributed by atoms with van der Waals surface area (Å²) in [4.78, 5) is 25.6. The van der Waals surface area contributed by atoms with E-state index in [0.29, 0.717) is 23.1 Å². The highest BCUT2D eigenvalue weighted by molar-refractivity contribution is 6.11. The van der Waals surface area contributed by atoms with Crippen molar-refractivity contribution in [3.05, 3.63) is 76.5 Å². The van der Waals surface area contributed by atoms with Crippen LogP contribution in [0.3, 0.4) is 0 Å². The van der Waals surface area contributed by atoms with E-state index in [4.69, 9.17) is 0 Å². The number of piperazine rings is 1. The molecule has 1 unspecified atom stereocenters. The fraction of sp³-hybridized carbons (Fsp3) is 0.227. The van der Waals surface area contributed by atoms with Gasteiger partial charge in [-0.15, -0.1) is 0 Å². The Kier molecular flexibility index (Phi) is 4.83. The highest BCUT2D eigenvalue weighted by atomic mass is 16.2. The van der Waals surface area contributed by atoms with Gasteiger partial charge in [0.15, 0.2) is 0 Å². The zero-order chi connectivity index (χ0) is 19.6. The zero-order valence-electron chi connectivity index (χ0n) is 15.6. The Morgan fingerprint density at radius 2 is 1.81 bits per heavy atom. The Morgan fingerprint density at radius 3 is 2.48 bits per heavy atom. The summed E-state index contributed by atoms with van der Waals surface area (Å²) in [5.41, 5.74) is 2.72. The fourth-order valence-corrected chi connectivity index (χ4v) is 3.45. The van der Waals surface area contributed by atoms with Gasteiger partial charge in [-0.3, -0.25) is 9.59 Å². The van der Waals surface area contributed by atoms with Crippen molar-refractivity contribution in [3.8, 4) is 6.07 Å². The molecule has 0 saturated carbocycles. The van der Waals surface area contributed by atoms with E-state index in [-0.39, 0.29) is 17.5 Å². The van der Waals surface area contributed by atoms with Gasteiger partial charge in [0.05, 0.1) is 11.6 Å². The molecule has 1 fully saturated rings. The molecule has 1 aliphatic rings. The average molecular weight is 359 g/mol. The number of nitriles is 1. The minimum absolute atomic E-state index is 0.191. The molecule has 0 radical (unpaired) electrons. The first-order valence-corrected chi connectivity index (χ1v) is 8.74. The third kappa shape index (κ3) is 3.47. The molecule has 1 saturated heterocycles. The van der Waals surface area contributed by atoms with Crippen LogP contribution >= 0.6 is 0 Å². The molecule has 2 aromatic carbocycles. The number of nitrogens with zero attached hydrogens (tertiary/aromatic N) is 1. The predicted octanol–water partition coefficient (Wildman–Crippen LogP) is 2.85. The number of hydrogen-bond acceptors (Lipinski definition) is 3. The average Bonchev–Trinajstić information content (AvgIpc) is 2.64. The number of benzene rings is 2. The summed E-state index contributed by atoms with van der Waals surface area (Å²) in [6.45, 7) is 5.34.